The van der Waals surface area contributed by atoms with Crippen LogP contribution in [0.2, 0.25) is 15.1 Å². The van der Waals surface area contributed by atoms with Gasteiger partial charge in [-0.25, -0.2) is 8.42 Å². The Morgan fingerprint density at radius 1 is 0.878 bits per heavy atom. The Balaban J connectivity index is 1.69. The summed E-state index contributed by atoms with van der Waals surface area (Å²) in [5, 5.41) is 4.16. The Kier molecular flexibility index (Phi) is 10.6. The molecule has 0 unspecified atom stereocenters. The minimum absolute atomic E-state index is 0.0199. The van der Waals surface area contributed by atoms with E-state index in [9.17, 15) is 18.0 Å². The Morgan fingerprint density at radius 3 is 2.10 bits per heavy atom. The predicted octanol–water partition coefficient (Wildman–Crippen LogP) is 6.71. The van der Waals surface area contributed by atoms with Crippen LogP contribution in [0.25, 0.3) is 0 Å². The number of nitrogens with one attached hydrogen (secondary N) is 1. The third-order valence-corrected chi connectivity index (χ3v) is 9.98. The number of amides is 2. The molecule has 0 aromatic heterocycles. The first-order valence-electron chi connectivity index (χ1n) is 13.4. The number of sulfonamides is 1. The summed E-state index contributed by atoms with van der Waals surface area (Å²) >= 11 is 19.0. The van der Waals surface area contributed by atoms with Crippen molar-refractivity contribution >= 4 is 62.3 Å². The molecule has 3 aromatic carbocycles. The predicted molar refractivity (Wildman–Crippen MR) is 164 cm³/mol. The quantitative estimate of drug-likeness (QED) is 0.268. The molecule has 1 saturated carbocycles. The standard InChI is InChI=1S/C30H32Cl3N3O4S/c1-21(30(38)34-23-9-4-2-5-10-23)35(19-26-27(32)13-8-14-28(26)33)29(37)20-36(24-17-15-22(31)16-18-24)41(39,40)25-11-6-3-7-12-25/h3,6-8,11-18,21,23H,2,4-5,9-10,19-20H2,1H3,(H,34,38)/t21-/m1/s1. The van der Waals surface area contributed by atoms with Gasteiger partial charge in [-0.1, -0.05) is 78.3 Å². The van der Waals surface area contributed by atoms with Crippen LogP contribution in [0.3, 0.4) is 0 Å². The van der Waals surface area contributed by atoms with Crippen molar-refractivity contribution in [2.24, 2.45) is 0 Å². The van der Waals surface area contributed by atoms with E-state index in [-0.39, 0.29) is 29.1 Å². The fourth-order valence-corrected chi connectivity index (χ4v) is 6.94. The summed E-state index contributed by atoms with van der Waals surface area (Å²) < 4.78 is 28.6. The third-order valence-electron chi connectivity index (χ3n) is 7.23. The second-order valence-corrected chi connectivity index (χ2v) is 13.2. The first-order valence-corrected chi connectivity index (χ1v) is 16.0. The zero-order valence-electron chi connectivity index (χ0n) is 22.6. The van der Waals surface area contributed by atoms with Crippen molar-refractivity contribution in [2.75, 3.05) is 10.8 Å². The largest absolute Gasteiger partial charge is 0.352 e. The Bertz CT molecular complexity index is 1440. The van der Waals surface area contributed by atoms with Gasteiger partial charge in [0.25, 0.3) is 10.0 Å². The normalized spacial score (nSPS) is 14.7. The number of nitrogens with zero attached hydrogens (tertiary/aromatic N) is 2. The number of rotatable bonds is 10. The van der Waals surface area contributed by atoms with Gasteiger partial charge < -0.3 is 10.2 Å². The van der Waals surface area contributed by atoms with Crippen LogP contribution in [-0.2, 0) is 26.2 Å². The molecule has 4 rings (SSSR count). The van der Waals surface area contributed by atoms with Gasteiger partial charge in [0, 0.05) is 33.2 Å². The molecular formula is C30H32Cl3N3O4S. The van der Waals surface area contributed by atoms with Gasteiger partial charge in [0.1, 0.15) is 12.6 Å². The van der Waals surface area contributed by atoms with Crippen LogP contribution in [-0.4, -0.2) is 43.8 Å². The summed E-state index contributed by atoms with van der Waals surface area (Å²) in [7, 11) is -4.16. The molecule has 0 saturated heterocycles. The molecule has 218 valence electrons. The van der Waals surface area contributed by atoms with Gasteiger partial charge in [0.15, 0.2) is 0 Å². The number of carbonyl (C=O) groups excluding carboxylic acids is 2. The van der Waals surface area contributed by atoms with Gasteiger partial charge in [0.05, 0.1) is 10.6 Å². The lowest BCUT2D eigenvalue weighted by Gasteiger charge is -2.33. The topological polar surface area (TPSA) is 86.8 Å². The van der Waals surface area contributed by atoms with Gasteiger partial charge in [-0.3, -0.25) is 13.9 Å². The maximum atomic E-state index is 14.1. The number of benzene rings is 3. The molecule has 2 amide bonds. The molecule has 1 fully saturated rings. The zero-order chi connectivity index (χ0) is 29.6. The van der Waals surface area contributed by atoms with Crippen LogP contribution < -0.4 is 9.62 Å². The number of halogens is 3. The van der Waals surface area contributed by atoms with Gasteiger partial charge >= 0.3 is 0 Å². The van der Waals surface area contributed by atoms with E-state index >= 15 is 0 Å². The zero-order valence-corrected chi connectivity index (χ0v) is 25.7. The van der Waals surface area contributed by atoms with Gasteiger partial charge in [0.2, 0.25) is 11.8 Å². The average Bonchev–Trinajstić information content (AvgIpc) is 2.97. The highest BCUT2D eigenvalue weighted by molar-refractivity contribution is 7.92. The highest BCUT2D eigenvalue weighted by atomic mass is 35.5. The number of carbonyl (C=O) groups is 2. The molecule has 1 aliphatic rings. The van der Waals surface area contributed by atoms with Crippen LogP contribution in [0, 0.1) is 0 Å². The summed E-state index contributed by atoms with van der Waals surface area (Å²) in [5.41, 5.74) is 0.715. The van der Waals surface area contributed by atoms with Crippen LogP contribution in [0.4, 0.5) is 5.69 Å². The molecule has 41 heavy (non-hydrogen) atoms. The number of hydrogen-bond donors (Lipinski definition) is 1. The summed E-state index contributed by atoms with van der Waals surface area (Å²) in [5.74, 6) is -0.917. The summed E-state index contributed by atoms with van der Waals surface area (Å²) in [6.07, 6.45) is 4.95. The van der Waals surface area contributed by atoms with E-state index in [0.29, 0.717) is 20.6 Å². The monoisotopic (exact) mass is 635 g/mol. The molecular weight excluding hydrogens is 605 g/mol. The van der Waals surface area contributed by atoms with E-state index in [1.807, 2.05) is 0 Å². The van der Waals surface area contributed by atoms with Crippen LogP contribution in [0.1, 0.15) is 44.6 Å². The van der Waals surface area contributed by atoms with Crippen molar-refractivity contribution in [2.45, 2.75) is 62.6 Å². The average molecular weight is 637 g/mol. The highest BCUT2D eigenvalue weighted by Gasteiger charge is 2.33. The first kappa shape index (κ1) is 31.2. The van der Waals surface area contributed by atoms with E-state index in [2.05, 4.69) is 5.32 Å². The van der Waals surface area contributed by atoms with E-state index in [0.717, 1.165) is 36.4 Å². The molecule has 1 aliphatic carbocycles. The maximum absolute atomic E-state index is 14.1. The van der Waals surface area contributed by atoms with E-state index < -0.39 is 28.5 Å². The lowest BCUT2D eigenvalue weighted by Crippen LogP contribution is -2.53. The molecule has 0 radical (unpaired) electrons. The second-order valence-electron chi connectivity index (χ2n) is 10.0. The molecule has 11 heteroatoms. The lowest BCUT2D eigenvalue weighted by atomic mass is 9.95. The first-order chi connectivity index (χ1) is 19.6. The maximum Gasteiger partial charge on any atom is 0.264 e. The second kappa shape index (κ2) is 13.9. The fraction of sp³-hybridized carbons (Fsp3) is 0.333. The number of anilines is 1. The number of hydrogen-bond acceptors (Lipinski definition) is 4. The molecule has 1 N–H and O–H groups in total. The Hall–Kier alpha value is -2.78. The minimum Gasteiger partial charge on any atom is -0.352 e. The molecule has 0 heterocycles. The molecule has 0 aliphatic heterocycles. The van der Waals surface area contributed by atoms with Gasteiger partial charge in [-0.05, 0) is 68.3 Å². The Labute approximate surface area is 256 Å². The van der Waals surface area contributed by atoms with Gasteiger partial charge in [-0.15, -0.1) is 0 Å². The van der Waals surface area contributed by atoms with Crippen LogP contribution in [0.5, 0.6) is 0 Å². The summed E-state index contributed by atoms with van der Waals surface area (Å²) in [6, 6.07) is 18.1. The third kappa shape index (κ3) is 7.74. The highest BCUT2D eigenvalue weighted by Crippen LogP contribution is 2.29. The molecule has 3 aromatic rings. The van der Waals surface area contributed by atoms with Crippen LogP contribution in [0.15, 0.2) is 77.7 Å². The smallest absolute Gasteiger partial charge is 0.264 e. The molecule has 1 atom stereocenters. The molecule has 0 spiro atoms. The lowest BCUT2D eigenvalue weighted by molar-refractivity contribution is -0.139. The van der Waals surface area contributed by atoms with E-state index in [1.165, 1.54) is 29.2 Å². The van der Waals surface area contributed by atoms with Crippen molar-refractivity contribution in [1.82, 2.24) is 10.2 Å². The summed E-state index contributed by atoms with van der Waals surface area (Å²) in [6.45, 7) is 0.970. The summed E-state index contributed by atoms with van der Waals surface area (Å²) in [4.78, 5) is 28.8. The van der Waals surface area contributed by atoms with Crippen molar-refractivity contribution < 1.29 is 18.0 Å². The van der Waals surface area contributed by atoms with E-state index in [4.69, 9.17) is 34.8 Å². The Morgan fingerprint density at radius 2 is 1.49 bits per heavy atom. The van der Waals surface area contributed by atoms with Crippen molar-refractivity contribution in [3.8, 4) is 0 Å². The fourth-order valence-electron chi connectivity index (χ4n) is 4.86. The molecule has 0 bridgehead atoms. The van der Waals surface area contributed by atoms with E-state index in [1.54, 1.807) is 55.5 Å². The van der Waals surface area contributed by atoms with Gasteiger partial charge in [-0.2, -0.15) is 0 Å². The van der Waals surface area contributed by atoms with Crippen molar-refractivity contribution in [3.63, 3.8) is 0 Å². The minimum atomic E-state index is -4.16. The SMILES string of the molecule is C[C@H](C(=O)NC1CCCCC1)N(Cc1c(Cl)cccc1Cl)C(=O)CN(c1ccc(Cl)cc1)S(=O)(=O)c1ccccc1. The van der Waals surface area contributed by atoms with Crippen LogP contribution >= 0.6 is 34.8 Å². The van der Waals surface area contributed by atoms with Crippen molar-refractivity contribution in [1.29, 1.82) is 0 Å². The van der Waals surface area contributed by atoms with Crippen molar-refractivity contribution in [3.05, 3.63) is 93.4 Å². The molecule has 7 nitrogen and oxygen atoms in total.